The van der Waals surface area contributed by atoms with E-state index in [2.05, 4.69) is 27.7 Å². The Morgan fingerprint density at radius 3 is 2.48 bits per heavy atom. The van der Waals surface area contributed by atoms with E-state index in [-0.39, 0.29) is 0 Å². The summed E-state index contributed by atoms with van der Waals surface area (Å²) < 4.78 is 5.77. The molecule has 6 nitrogen and oxygen atoms in total. The van der Waals surface area contributed by atoms with Gasteiger partial charge in [-0.25, -0.2) is 0 Å². The molecule has 0 aromatic heterocycles. The zero-order valence-electron chi connectivity index (χ0n) is 16.3. The van der Waals surface area contributed by atoms with Crippen LogP contribution in [0, 0.1) is 11.3 Å². The van der Waals surface area contributed by atoms with Crippen molar-refractivity contribution in [2.24, 2.45) is 0 Å². The second-order valence-corrected chi connectivity index (χ2v) is 7.53. The zero-order valence-corrected chi connectivity index (χ0v) is 16.3. The predicted molar refractivity (Wildman–Crippen MR) is 105 cm³/mol. The molecule has 0 N–H and O–H groups in total. The van der Waals surface area contributed by atoms with E-state index in [4.69, 9.17) is 10.00 Å². The maximum atomic E-state index is 12.6. The number of ether oxygens (including phenoxy) is 1. The molecule has 27 heavy (non-hydrogen) atoms. The normalized spacial score (nSPS) is 21.6. The maximum absolute atomic E-state index is 12.6. The average Bonchev–Trinajstić information content (AvgIpc) is 2.70. The predicted octanol–water partition coefficient (Wildman–Crippen LogP) is 1.96. The molecule has 0 bridgehead atoms. The Hall–Kier alpha value is -2.10. The molecule has 0 radical (unpaired) electrons. The number of piperazine rings is 1. The molecule has 6 heteroatoms. The summed E-state index contributed by atoms with van der Waals surface area (Å²) >= 11 is 0. The van der Waals surface area contributed by atoms with Crippen molar-refractivity contribution >= 4 is 5.91 Å². The highest BCUT2D eigenvalue weighted by Gasteiger charge is 2.26. The van der Waals surface area contributed by atoms with Crippen molar-refractivity contribution < 1.29 is 9.53 Å². The van der Waals surface area contributed by atoms with E-state index in [1.54, 1.807) is 12.1 Å². The number of amides is 1. The number of likely N-dealkylation sites (tertiary alicyclic amines) is 1. The number of nitriles is 1. The fraction of sp³-hybridized carbons (Fsp3) is 0.619. The summed E-state index contributed by atoms with van der Waals surface area (Å²) in [6, 6.07) is 9.72. The molecule has 3 rings (SSSR count). The van der Waals surface area contributed by atoms with Crippen molar-refractivity contribution in [3.05, 3.63) is 29.8 Å². The lowest BCUT2D eigenvalue weighted by molar-refractivity contribution is -0.136. The van der Waals surface area contributed by atoms with Gasteiger partial charge in [-0.2, -0.15) is 5.26 Å². The number of carbonyl (C=O) groups is 1. The van der Waals surface area contributed by atoms with Gasteiger partial charge in [-0.1, -0.05) is 0 Å². The molecule has 1 unspecified atom stereocenters. The average molecular weight is 370 g/mol. The van der Waals surface area contributed by atoms with Crippen LogP contribution in [0.25, 0.3) is 0 Å². The minimum absolute atomic E-state index is 0.291. The molecule has 2 aliphatic rings. The van der Waals surface area contributed by atoms with Gasteiger partial charge in [-0.05, 0) is 50.5 Å². The number of carbonyl (C=O) groups excluding carboxylic acids is 1. The van der Waals surface area contributed by atoms with Crippen LogP contribution >= 0.6 is 0 Å². The van der Waals surface area contributed by atoms with Crippen molar-refractivity contribution in [2.45, 2.75) is 32.2 Å². The first-order valence-electron chi connectivity index (χ1n) is 10.0. The van der Waals surface area contributed by atoms with Gasteiger partial charge in [0.15, 0.2) is 0 Å². The topological polar surface area (TPSA) is 59.8 Å². The Kier molecular flexibility index (Phi) is 7.08. The molecular formula is C21H30N4O2. The molecule has 0 aliphatic carbocycles. The second kappa shape index (κ2) is 9.72. The summed E-state index contributed by atoms with van der Waals surface area (Å²) in [5.41, 5.74) is 0.645. The van der Waals surface area contributed by atoms with E-state index < -0.39 is 0 Å². The van der Waals surface area contributed by atoms with Gasteiger partial charge in [0.05, 0.1) is 18.2 Å². The van der Waals surface area contributed by atoms with Crippen LogP contribution in [0.15, 0.2) is 24.3 Å². The van der Waals surface area contributed by atoms with Gasteiger partial charge in [0.2, 0.25) is 5.91 Å². The molecular weight excluding hydrogens is 340 g/mol. The first kappa shape index (κ1) is 19.7. The van der Waals surface area contributed by atoms with Crippen LogP contribution in [0.2, 0.25) is 0 Å². The van der Waals surface area contributed by atoms with Gasteiger partial charge >= 0.3 is 0 Å². The first-order valence-corrected chi connectivity index (χ1v) is 10.0. The molecule has 2 heterocycles. The standard InChI is InChI=1S/C21H30N4O2/c1-18-4-2-3-9-25(18)21(26)17-24-12-10-23(11-13-24)14-15-27-20-7-5-19(16-22)6-8-20/h5-8,18H,2-4,9-15,17H2,1H3. The van der Waals surface area contributed by atoms with E-state index in [0.717, 1.165) is 57.9 Å². The van der Waals surface area contributed by atoms with Crippen LogP contribution in [0.5, 0.6) is 5.75 Å². The van der Waals surface area contributed by atoms with E-state index in [9.17, 15) is 4.79 Å². The number of nitrogens with zero attached hydrogens (tertiary/aromatic N) is 4. The lowest BCUT2D eigenvalue weighted by Gasteiger charge is -2.38. The summed E-state index contributed by atoms with van der Waals surface area (Å²) in [4.78, 5) is 19.3. The van der Waals surface area contributed by atoms with E-state index >= 15 is 0 Å². The van der Waals surface area contributed by atoms with Crippen LogP contribution in [0.4, 0.5) is 0 Å². The molecule has 1 atom stereocenters. The largest absolute Gasteiger partial charge is 0.492 e. The maximum Gasteiger partial charge on any atom is 0.236 e. The van der Waals surface area contributed by atoms with Gasteiger partial charge < -0.3 is 9.64 Å². The molecule has 2 saturated heterocycles. The smallest absolute Gasteiger partial charge is 0.236 e. The zero-order chi connectivity index (χ0) is 19.1. The third kappa shape index (κ3) is 5.69. The van der Waals surface area contributed by atoms with E-state index in [1.165, 1.54) is 6.42 Å². The highest BCUT2D eigenvalue weighted by Crippen LogP contribution is 2.17. The van der Waals surface area contributed by atoms with Crippen molar-refractivity contribution in [3.63, 3.8) is 0 Å². The Morgan fingerprint density at radius 2 is 1.81 bits per heavy atom. The van der Waals surface area contributed by atoms with Crippen molar-refractivity contribution in [1.29, 1.82) is 5.26 Å². The summed E-state index contributed by atoms with van der Waals surface area (Å²) in [6.07, 6.45) is 3.52. The van der Waals surface area contributed by atoms with Crippen LogP contribution in [0.3, 0.4) is 0 Å². The quantitative estimate of drug-likeness (QED) is 0.766. The van der Waals surface area contributed by atoms with E-state index in [0.29, 0.717) is 30.7 Å². The third-order valence-electron chi connectivity index (χ3n) is 5.61. The summed E-state index contributed by atoms with van der Waals surface area (Å²) in [6.45, 7) is 8.98. The third-order valence-corrected chi connectivity index (χ3v) is 5.61. The molecule has 1 amide bonds. The molecule has 2 fully saturated rings. The Labute approximate surface area is 162 Å². The minimum Gasteiger partial charge on any atom is -0.492 e. The lowest BCUT2D eigenvalue weighted by Crippen LogP contribution is -2.52. The minimum atomic E-state index is 0.291. The van der Waals surface area contributed by atoms with Gasteiger partial charge in [-0.3, -0.25) is 14.6 Å². The number of rotatable bonds is 6. The monoisotopic (exact) mass is 370 g/mol. The second-order valence-electron chi connectivity index (χ2n) is 7.53. The first-order chi connectivity index (χ1) is 13.2. The van der Waals surface area contributed by atoms with Crippen molar-refractivity contribution in [2.75, 3.05) is 52.4 Å². The number of hydrogen-bond donors (Lipinski definition) is 0. The molecule has 0 spiro atoms. The van der Waals surface area contributed by atoms with Crippen LogP contribution in [-0.2, 0) is 4.79 Å². The van der Waals surface area contributed by atoms with Crippen LogP contribution in [-0.4, -0.2) is 79.1 Å². The fourth-order valence-corrected chi connectivity index (χ4v) is 3.84. The van der Waals surface area contributed by atoms with Crippen LogP contribution < -0.4 is 4.74 Å². The molecule has 0 saturated carbocycles. The molecule has 1 aromatic rings. The fourth-order valence-electron chi connectivity index (χ4n) is 3.84. The summed E-state index contributed by atoms with van der Waals surface area (Å²) in [5.74, 6) is 1.09. The highest BCUT2D eigenvalue weighted by atomic mass is 16.5. The SMILES string of the molecule is CC1CCCCN1C(=O)CN1CCN(CCOc2ccc(C#N)cc2)CC1. The Bertz CT molecular complexity index is 647. The van der Waals surface area contributed by atoms with Gasteiger partial charge in [0, 0.05) is 45.3 Å². The van der Waals surface area contributed by atoms with Gasteiger partial charge in [-0.15, -0.1) is 0 Å². The van der Waals surface area contributed by atoms with E-state index in [1.807, 2.05) is 12.1 Å². The molecule has 1 aromatic carbocycles. The van der Waals surface area contributed by atoms with Crippen LogP contribution in [0.1, 0.15) is 31.7 Å². The highest BCUT2D eigenvalue weighted by molar-refractivity contribution is 5.78. The van der Waals surface area contributed by atoms with Crippen molar-refractivity contribution in [1.82, 2.24) is 14.7 Å². The Balaban J connectivity index is 1.33. The lowest BCUT2D eigenvalue weighted by atomic mass is 10.0. The molecule has 2 aliphatic heterocycles. The summed E-state index contributed by atoms with van der Waals surface area (Å²) in [5, 5.41) is 8.81. The Morgan fingerprint density at radius 1 is 1.11 bits per heavy atom. The van der Waals surface area contributed by atoms with Gasteiger partial charge in [0.1, 0.15) is 12.4 Å². The van der Waals surface area contributed by atoms with Crippen molar-refractivity contribution in [3.8, 4) is 11.8 Å². The number of hydrogen-bond acceptors (Lipinski definition) is 5. The van der Waals surface area contributed by atoms with Gasteiger partial charge in [0.25, 0.3) is 0 Å². The number of benzene rings is 1. The number of piperidine rings is 1. The summed E-state index contributed by atoms with van der Waals surface area (Å²) in [7, 11) is 0. The molecule has 146 valence electrons.